The second-order valence-electron chi connectivity index (χ2n) is 5.09. The Labute approximate surface area is 118 Å². The van der Waals surface area contributed by atoms with E-state index in [9.17, 15) is 9.59 Å². The molecule has 1 fully saturated rings. The van der Waals surface area contributed by atoms with Crippen molar-refractivity contribution in [1.29, 1.82) is 0 Å². The van der Waals surface area contributed by atoms with Crippen molar-refractivity contribution in [2.75, 3.05) is 32.0 Å². The zero-order chi connectivity index (χ0) is 14.5. The van der Waals surface area contributed by atoms with Gasteiger partial charge in [0.25, 0.3) is 5.56 Å². The topological polar surface area (TPSA) is 77.6 Å². The van der Waals surface area contributed by atoms with Gasteiger partial charge in [-0.2, -0.15) is 0 Å². The molecule has 20 heavy (non-hydrogen) atoms. The van der Waals surface area contributed by atoms with Crippen LogP contribution in [0.25, 0.3) is 0 Å². The van der Waals surface area contributed by atoms with Gasteiger partial charge in [-0.15, -0.1) is 0 Å². The van der Waals surface area contributed by atoms with E-state index in [1.54, 1.807) is 4.90 Å². The van der Waals surface area contributed by atoms with Crippen molar-refractivity contribution in [3.05, 3.63) is 28.7 Å². The largest absolute Gasteiger partial charge is 0.398 e. The third kappa shape index (κ3) is 3.60. The summed E-state index contributed by atoms with van der Waals surface area (Å²) < 4.78 is 6.68. The first-order valence-electron chi connectivity index (χ1n) is 6.91. The Bertz CT molecular complexity index is 521. The molecule has 1 amide bonds. The van der Waals surface area contributed by atoms with E-state index in [0.717, 1.165) is 13.0 Å². The summed E-state index contributed by atoms with van der Waals surface area (Å²) in [6.45, 7) is 4.77. The van der Waals surface area contributed by atoms with Crippen LogP contribution in [0.1, 0.15) is 13.3 Å². The average molecular weight is 279 g/mol. The van der Waals surface area contributed by atoms with Gasteiger partial charge in [-0.05, 0) is 19.4 Å². The molecule has 0 bridgehead atoms. The highest BCUT2D eigenvalue weighted by atomic mass is 16.5. The Morgan fingerprint density at radius 3 is 3.00 bits per heavy atom. The van der Waals surface area contributed by atoms with Crippen molar-refractivity contribution in [2.45, 2.75) is 19.9 Å². The Kier molecular flexibility index (Phi) is 4.79. The van der Waals surface area contributed by atoms with E-state index in [2.05, 4.69) is 0 Å². The summed E-state index contributed by atoms with van der Waals surface area (Å²) >= 11 is 0. The van der Waals surface area contributed by atoms with Crippen LogP contribution in [0.5, 0.6) is 0 Å². The molecule has 2 heterocycles. The lowest BCUT2D eigenvalue weighted by Gasteiger charge is -2.24. The first kappa shape index (κ1) is 14.6. The van der Waals surface area contributed by atoms with Crippen LogP contribution in [0, 0.1) is 5.92 Å². The third-order valence-electron chi connectivity index (χ3n) is 3.55. The van der Waals surface area contributed by atoms with Gasteiger partial charge in [0.15, 0.2) is 0 Å². The Morgan fingerprint density at radius 1 is 1.55 bits per heavy atom. The van der Waals surface area contributed by atoms with Gasteiger partial charge >= 0.3 is 0 Å². The summed E-state index contributed by atoms with van der Waals surface area (Å²) in [7, 11) is 0. The normalized spacial score (nSPS) is 18.1. The van der Waals surface area contributed by atoms with Gasteiger partial charge in [-0.3, -0.25) is 9.59 Å². The predicted octanol–water partition coefficient (Wildman–Crippen LogP) is 0.315. The van der Waals surface area contributed by atoms with Crippen LogP contribution < -0.4 is 11.3 Å². The van der Waals surface area contributed by atoms with E-state index >= 15 is 0 Å². The predicted molar refractivity (Wildman–Crippen MR) is 76.3 cm³/mol. The molecule has 1 atom stereocenters. The monoisotopic (exact) mass is 279 g/mol. The molecule has 0 radical (unpaired) electrons. The van der Waals surface area contributed by atoms with Crippen LogP contribution in [-0.4, -0.2) is 41.7 Å². The fraction of sp³-hybridized carbons (Fsp3) is 0.571. The smallest absolute Gasteiger partial charge is 0.251 e. The minimum Gasteiger partial charge on any atom is -0.398 e. The lowest BCUT2D eigenvalue weighted by molar-refractivity contribution is -0.132. The highest BCUT2D eigenvalue weighted by Crippen LogP contribution is 2.14. The van der Waals surface area contributed by atoms with E-state index in [0.29, 0.717) is 31.3 Å². The van der Waals surface area contributed by atoms with Gasteiger partial charge in [0.05, 0.1) is 6.61 Å². The van der Waals surface area contributed by atoms with Crippen LogP contribution in [0.4, 0.5) is 5.69 Å². The molecule has 0 aromatic carbocycles. The number of anilines is 1. The van der Waals surface area contributed by atoms with E-state index in [4.69, 9.17) is 10.5 Å². The fourth-order valence-corrected chi connectivity index (χ4v) is 2.37. The second-order valence-corrected chi connectivity index (χ2v) is 5.09. The molecule has 1 saturated heterocycles. The number of nitrogens with two attached hydrogens (primary N) is 1. The highest BCUT2D eigenvalue weighted by Gasteiger charge is 2.21. The molecule has 1 unspecified atom stereocenters. The molecule has 2 rings (SSSR count). The fourth-order valence-electron chi connectivity index (χ4n) is 2.37. The summed E-state index contributed by atoms with van der Waals surface area (Å²) in [5.74, 6) is 0.337. The van der Waals surface area contributed by atoms with Crippen LogP contribution in [0.15, 0.2) is 23.1 Å². The molecule has 0 spiro atoms. The number of aromatic nitrogens is 1. The molecule has 1 aromatic heterocycles. The van der Waals surface area contributed by atoms with Crippen molar-refractivity contribution in [3.8, 4) is 0 Å². The summed E-state index contributed by atoms with van der Waals surface area (Å²) in [4.78, 5) is 25.7. The number of hydrogen-bond donors (Lipinski definition) is 1. The van der Waals surface area contributed by atoms with Crippen LogP contribution >= 0.6 is 0 Å². The number of carbonyl (C=O) groups is 1. The van der Waals surface area contributed by atoms with Gasteiger partial charge in [-0.1, -0.05) is 0 Å². The first-order chi connectivity index (χ1) is 9.60. The summed E-state index contributed by atoms with van der Waals surface area (Å²) in [5, 5.41) is 0. The lowest BCUT2D eigenvalue weighted by Crippen LogP contribution is -2.39. The molecule has 1 aliphatic heterocycles. The number of nitrogen functional groups attached to an aromatic ring is 1. The minimum absolute atomic E-state index is 0.0330. The molecule has 1 aliphatic rings. The minimum atomic E-state index is -0.215. The Hall–Kier alpha value is -1.82. The number of hydrogen-bond acceptors (Lipinski definition) is 4. The molecule has 2 N–H and O–H groups in total. The SMILES string of the molecule is CCN(CC1CCOC1)C(=O)Cn1cc(N)ccc1=O. The number of ether oxygens (including phenoxy) is 1. The van der Waals surface area contributed by atoms with E-state index in [1.807, 2.05) is 6.92 Å². The van der Waals surface area contributed by atoms with Gasteiger partial charge < -0.3 is 19.9 Å². The number of nitrogens with zero attached hydrogens (tertiary/aromatic N) is 2. The van der Waals surface area contributed by atoms with E-state index in [-0.39, 0.29) is 18.0 Å². The van der Waals surface area contributed by atoms with E-state index < -0.39 is 0 Å². The third-order valence-corrected chi connectivity index (χ3v) is 3.55. The van der Waals surface area contributed by atoms with Gasteiger partial charge in [0.2, 0.25) is 5.91 Å². The van der Waals surface area contributed by atoms with Crippen molar-refractivity contribution in [3.63, 3.8) is 0 Å². The van der Waals surface area contributed by atoms with Crippen molar-refractivity contribution in [2.24, 2.45) is 5.92 Å². The summed E-state index contributed by atoms with van der Waals surface area (Å²) in [6, 6.07) is 2.92. The zero-order valence-electron chi connectivity index (χ0n) is 11.7. The molecule has 1 aromatic rings. The standard InChI is InChI=1S/C14H21N3O3/c1-2-16(7-11-5-6-20-10-11)14(19)9-17-8-12(15)3-4-13(17)18/h3-4,8,11H,2,5-7,9-10,15H2,1H3. The van der Waals surface area contributed by atoms with Gasteiger partial charge in [0.1, 0.15) is 6.54 Å². The van der Waals surface area contributed by atoms with Crippen molar-refractivity contribution < 1.29 is 9.53 Å². The number of rotatable bonds is 5. The molecule has 6 heteroatoms. The number of pyridine rings is 1. The molecule has 0 saturated carbocycles. The highest BCUT2D eigenvalue weighted by molar-refractivity contribution is 5.76. The van der Waals surface area contributed by atoms with Crippen LogP contribution in [0.3, 0.4) is 0 Å². The van der Waals surface area contributed by atoms with E-state index in [1.165, 1.54) is 22.9 Å². The molecular formula is C14H21N3O3. The molecule has 110 valence electrons. The molecule has 0 aliphatic carbocycles. The van der Waals surface area contributed by atoms with Crippen LogP contribution in [0.2, 0.25) is 0 Å². The number of amides is 1. The Balaban J connectivity index is 2.01. The summed E-state index contributed by atoms with van der Waals surface area (Å²) in [6.07, 6.45) is 2.49. The maximum Gasteiger partial charge on any atom is 0.251 e. The quantitative estimate of drug-likeness (QED) is 0.842. The van der Waals surface area contributed by atoms with Crippen molar-refractivity contribution >= 4 is 11.6 Å². The molecular weight excluding hydrogens is 258 g/mol. The first-order valence-corrected chi connectivity index (χ1v) is 6.91. The van der Waals surface area contributed by atoms with Gasteiger partial charge in [-0.25, -0.2) is 0 Å². The van der Waals surface area contributed by atoms with Crippen LogP contribution in [-0.2, 0) is 16.1 Å². The maximum absolute atomic E-state index is 12.3. The number of carbonyl (C=O) groups excluding carboxylic acids is 1. The second kappa shape index (κ2) is 6.56. The van der Waals surface area contributed by atoms with Crippen molar-refractivity contribution in [1.82, 2.24) is 9.47 Å². The maximum atomic E-state index is 12.3. The zero-order valence-corrected chi connectivity index (χ0v) is 11.7. The Morgan fingerprint density at radius 2 is 2.35 bits per heavy atom. The summed E-state index contributed by atoms with van der Waals surface area (Å²) in [5.41, 5.74) is 5.90. The number of likely N-dealkylation sites (N-methyl/N-ethyl adjacent to an activating group) is 1. The van der Waals surface area contributed by atoms with Gasteiger partial charge in [0, 0.05) is 43.6 Å². The molecule has 6 nitrogen and oxygen atoms in total. The lowest BCUT2D eigenvalue weighted by atomic mass is 10.1. The average Bonchev–Trinajstić information content (AvgIpc) is 2.93.